The maximum atomic E-state index is 14.1. The number of amides is 2. The lowest BCUT2D eigenvalue weighted by atomic mass is 9.47. The molecule has 0 bridgehead atoms. The molecule has 8 atom stereocenters. The largest absolute Gasteiger partial charge is 0.508 e. The van der Waals surface area contributed by atoms with Gasteiger partial charge < -0.3 is 15.3 Å². The molecule has 5 heteroatoms. The molecule has 3 aliphatic carbocycles. The van der Waals surface area contributed by atoms with E-state index in [-0.39, 0.29) is 34.4 Å². The van der Waals surface area contributed by atoms with Gasteiger partial charge in [-0.1, -0.05) is 56.3 Å². The fourth-order valence-electron chi connectivity index (χ4n) is 9.50. The summed E-state index contributed by atoms with van der Waals surface area (Å²) in [6.45, 7) is 4.86. The van der Waals surface area contributed by atoms with Crippen LogP contribution in [0.15, 0.2) is 54.6 Å². The minimum atomic E-state index is -0.243. The van der Waals surface area contributed by atoms with E-state index in [9.17, 15) is 14.7 Å². The van der Waals surface area contributed by atoms with Gasteiger partial charge in [0.05, 0.1) is 6.04 Å². The number of fused-ring (bicyclic) bond motifs is 5. The van der Waals surface area contributed by atoms with Gasteiger partial charge in [-0.2, -0.15) is 0 Å². The highest BCUT2D eigenvalue weighted by atomic mass is 16.3. The van der Waals surface area contributed by atoms with E-state index in [0.29, 0.717) is 36.1 Å². The summed E-state index contributed by atoms with van der Waals surface area (Å²) in [5.41, 5.74) is 2.25. The number of carbonyl (C=O) groups excluding carboxylic acids is 2. The van der Waals surface area contributed by atoms with Gasteiger partial charge >= 0.3 is 0 Å². The van der Waals surface area contributed by atoms with Crippen LogP contribution in [-0.4, -0.2) is 34.9 Å². The van der Waals surface area contributed by atoms with Gasteiger partial charge in [0, 0.05) is 25.4 Å². The summed E-state index contributed by atoms with van der Waals surface area (Å²) in [5, 5.41) is 13.3. The molecular formula is C33H42N2O3. The average Bonchev–Trinajstić information content (AvgIpc) is 3.28. The molecule has 4 aliphatic rings. The molecule has 202 valence electrons. The van der Waals surface area contributed by atoms with Crippen molar-refractivity contribution >= 4 is 11.8 Å². The lowest BCUT2D eigenvalue weighted by Gasteiger charge is -2.61. The molecule has 1 saturated heterocycles. The van der Waals surface area contributed by atoms with Crippen molar-refractivity contribution in [2.75, 3.05) is 7.05 Å². The molecular weight excluding hydrogens is 472 g/mol. The third kappa shape index (κ3) is 3.96. The van der Waals surface area contributed by atoms with Crippen molar-refractivity contribution in [2.24, 2.45) is 34.5 Å². The first kappa shape index (κ1) is 25.5. The Morgan fingerprint density at radius 2 is 1.58 bits per heavy atom. The van der Waals surface area contributed by atoms with Gasteiger partial charge in [-0.05, 0) is 96.8 Å². The highest BCUT2D eigenvalue weighted by Crippen LogP contribution is 2.66. The van der Waals surface area contributed by atoms with Crippen LogP contribution in [0.4, 0.5) is 0 Å². The number of hydrogen-bond acceptors (Lipinski definition) is 3. The molecule has 2 aromatic rings. The Bertz CT molecular complexity index is 1200. The Morgan fingerprint density at radius 3 is 2.32 bits per heavy atom. The molecule has 1 unspecified atom stereocenters. The lowest BCUT2D eigenvalue weighted by Crippen LogP contribution is -2.61. The first-order valence-electron chi connectivity index (χ1n) is 14.6. The van der Waals surface area contributed by atoms with Crippen molar-refractivity contribution in [2.45, 2.75) is 77.3 Å². The minimum Gasteiger partial charge on any atom is -0.508 e. The molecule has 1 aliphatic heterocycles. The topological polar surface area (TPSA) is 69.6 Å². The number of likely N-dealkylation sites (tertiary alicyclic amines) is 1. The number of phenolic OH excluding ortho intramolecular Hbond substituents is 1. The van der Waals surface area contributed by atoms with Crippen molar-refractivity contribution in [1.29, 1.82) is 0 Å². The van der Waals surface area contributed by atoms with Crippen LogP contribution < -0.4 is 5.32 Å². The molecule has 0 aromatic heterocycles. The van der Waals surface area contributed by atoms with Gasteiger partial charge in [-0.3, -0.25) is 9.59 Å². The second-order valence-electron chi connectivity index (χ2n) is 13.1. The van der Waals surface area contributed by atoms with Crippen molar-refractivity contribution in [1.82, 2.24) is 10.2 Å². The molecule has 0 spiro atoms. The zero-order valence-corrected chi connectivity index (χ0v) is 23.0. The number of nitrogens with one attached hydrogen (secondary N) is 1. The molecule has 1 heterocycles. The fraction of sp³-hybridized carbons (Fsp3) is 0.576. The molecule has 6 rings (SSSR count). The summed E-state index contributed by atoms with van der Waals surface area (Å²) in [6, 6.07) is 17.5. The van der Waals surface area contributed by atoms with Crippen LogP contribution in [0.5, 0.6) is 5.75 Å². The second-order valence-corrected chi connectivity index (χ2v) is 13.1. The van der Waals surface area contributed by atoms with Crippen molar-refractivity contribution in [3.8, 4) is 5.75 Å². The van der Waals surface area contributed by atoms with Gasteiger partial charge in [0.25, 0.3) is 0 Å². The quantitative estimate of drug-likeness (QED) is 0.520. The van der Waals surface area contributed by atoms with E-state index in [4.69, 9.17) is 0 Å². The van der Waals surface area contributed by atoms with Gasteiger partial charge in [-0.25, -0.2) is 0 Å². The van der Waals surface area contributed by atoms with E-state index in [1.165, 1.54) is 6.42 Å². The number of piperidine rings is 1. The number of aromatic hydroxyl groups is 1. The number of benzene rings is 2. The van der Waals surface area contributed by atoms with E-state index >= 15 is 0 Å². The number of carbonyl (C=O) groups is 2. The fourth-order valence-corrected chi connectivity index (χ4v) is 9.50. The van der Waals surface area contributed by atoms with Gasteiger partial charge in [0.15, 0.2) is 0 Å². The third-order valence-electron chi connectivity index (χ3n) is 11.5. The zero-order valence-electron chi connectivity index (χ0n) is 23.0. The molecule has 0 radical (unpaired) electrons. The Kier molecular flexibility index (Phi) is 6.32. The van der Waals surface area contributed by atoms with Crippen LogP contribution in [0.3, 0.4) is 0 Å². The number of phenols is 1. The molecule has 5 nitrogen and oxygen atoms in total. The van der Waals surface area contributed by atoms with E-state index in [0.717, 1.165) is 49.7 Å². The molecule has 38 heavy (non-hydrogen) atoms. The maximum Gasteiger partial charge on any atom is 0.224 e. The molecule has 2 aromatic carbocycles. The number of nitrogens with zero attached hydrogens (tertiary/aromatic N) is 1. The second kappa shape index (κ2) is 9.43. The maximum absolute atomic E-state index is 14.1. The van der Waals surface area contributed by atoms with Crippen LogP contribution in [0, 0.1) is 34.5 Å². The highest BCUT2D eigenvalue weighted by Gasteiger charge is 2.62. The Hall–Kier alpha value is -2.82. The van der Waals surface area contributed by atoms with E-state index in [1.807, 2.05) is 37.4 Å². The molecule has 2 N–H and O–H groups in total. The van der Waals surface area contributed by atoms with Crippen molar-refractivity contribution in [3.63, 3.8) is 0 Å². The summed E-state index contributed by atoms with van der Waals surface area (Å²) in [4.78, 5) is 28.6. The van der Waals surface area contributed by atoms with Gasteiger partial charge in [0.2, 0.25) is 11.8 Å². The van der Waals surface area contributed by atoms with Crippen molar-refractivity contribution in [3.05, 3.63) is 65.7 Å². The average molecular weight is 515 g/mol. The Balaban J connectivity index is 1.23. The number of rotatable bonds is 4. The standard InChI is InChI=1S/C33H42N2O3/c1-32-19-17-26-24(13-16-28-33(26,2)20-18-29(37)35(28)3)25(32)14-15-27(32)31(38)34-30(21-7-5-4-6-8-21)22-9-11-23(36)12-10-22/h4-12,24-28,30,36H,13-20H2,1-3H3,(H,34,38)/t24-,25-,26-,27+,28+,30?,32-,33+/m0/s1. The molecule has 2 amide bonds. The highest BCUT2D eigenvalue weighted by molar-refractivity contribution is 5.81. The van der Waals surface area contributed by atoms with Crippen LogP contribution in [0.1, 0.15) is 82.4 Å². The summed E-state index contributed by atoms with van der Waals surface area (Å²) in [7, 11) is 2.02. The first-order chi connectivity index (χ1) is 18.2. The van der Waals surface area contributed by atoms with Gasteiger partial charge in [-0.15, -0.1) is 0 Å². The van der Waals surface area contributed by atoms with E-state index in [1.54, 1.807) is 12.1 Å². The molecule has 3 saturated carbocycles. The van der Waals surface area contributed by atoms with Crippen LogP contribution in [0.2, 0.25) is 0 Å². The lowest BCUT2D eigenvalue weighted by molar-refractivity contribution is -0.159. The first-order valence-corrected chi connectivity index (χ1v) is 14.6. The molecule has 4 fully saturated rings. The van der Waals surface area contributed by atoms with E-state index < -0.39 is 0 Å². The summed E-state index contributed by atoms with van der Waals surface area (Å²) >= 11 is 0. The summed E-state index contributed by atoms with van der Waals surface area (Å²) in [5.74, 6) is 2.58. The van der Waals surface area contributed by atoms with Crippen LogP contribution in [-0.2, 0) is 9.59 Å². The SMILES string of the molecule is CN1C(=O)CC[C@]2(C)[C@H]3CC[C@]4(C)[C@@H](C(=O)NC(c5ccccc5)c5ccc(O)cc5)CC[C@H]4[C@@H]3CC[C@@H]12. The zero-order chi connectivity index (χ0) is 26.7. The summed E-state index contributed by atoms with van der Waals surface area (Å²) in [6.07, 6.45) is 8.30. The van der Waals surface area contributed by atoms with Crippen molar-refractivity contribution < 1.29 is 14.7 Å². The predicted octanol–water partition coefficient (Wildman–Crippen LogP) is 6.08. The summed E-state index contributed by atoms with van der Waals surface area (Å²) < 4.78 is 0. The van der Waals surface area contributed by atoms with E-state index in [2.05, 4.69) is 36.2 Å². The van der Waals surface area contributed by atoms with Crippen LogP contribution in [0.25, 0.3) is 0 Å². The van der Waals surface area contributed by atoms with Gasteiger partial charge in [0.1, 0.15) is 5.75 Å². The van der Waals surface area contributed by atoms with Crippen LogP contribution >= 0.6 is 0 Å². The predicted molar refractivity (Wildman–Crippen MR) is 148 cm³/mol. The normalized spacial score (nSPS) is 37.1. The monoisotopic (exact) mass is 514 g/mol. The minimum absolute atomic E-state index is 0.0120. The third-order valence-corrected chi connectivity index (χ3v) is 11.5. The Morgan fingerprint density at radius 1 is 0.895 bits per heavy atom. The smallest absolute Gasteiger partial charge is 0.224 e. The Labute approximate surface area is 227 Å². The number of hydrogen-bond donors (Lipinski definition) is 2.